The Balaban J connectivity index is 1.95. The van der Waals surface area contributed by atoms with E-state index in [9.17, 15) is 0 Å². The molecular weight excluding hydrogens is 334 g/mol. The van der Waals surface area contributed by atoms with Crippen molar-refractivity contribution < 1.29 is 9.47 Å². The Morgan fingerprint density at radius 3 is 2.36 bits per heavy atom. The minimum absolute atomic E-state index is 0.701. The number of pyridine rings is 1. The lowest BCUT2D eigenvalue weighted by atomic mass is 10.2. The highest BCUT2D eigenvalue weighted by Gasteiger charge is 2.10. The minimum atomic E-state index is 0.701. The molecule has 0 radical (unpaired) electrons. The molecule has 0 bridgehead atoms. The Morgan fingerprint density at radius 1 is 0.920 bits per heavy atom. The summed E-state index contributed by atoms with van der Waals surface area (Å²) in [6.45, 7) is 2.09. The molecule has 0 unspecified atom stereocenters. The first-order valence-corrected chi connectivity index (χ1v) is 8.73. The summed E-state index contributed by atoms with van der Waals surface area (Å²) < 4.78 is 10.7. The molecule has 0 aliphatic rings. The zero-order chi connectivity index (χ0) is 17.6. The van der Waals surface area contributed by atoms with Crippen molar-refractivity contribution in [3.05, 3.63) is 54.5 Å². The lowest BCUT2D eigenvalue weighted by Crippen LogP contribution is -1.97. The summed E-state index contributed by atoms with van der Waals surface area (Å²) >= 11 is 1.57. The molecule has 0 aliphatic heterocycles. The zero-order valence-electron chi connectivity index (χ0n) is 14.4. The van der Waals surface area contributed by atoms with Gasteiger partial charge in [0.05, 0.1) is 14.2 Å². The fraction of sp³-hybridized carbons (Fsp3) is 0.211. The number of aromatic nitrogens is 3. The maximum atomic E-state index is 5.37. The molecular formula is C19H19N3O2S. The molecule has 3 rings (SSSR count). The van der Waals surface area contributed by atoms with Gasteiger partial charge < -0.3 is 9.47 Å². The number of hydrogen-bond acceptors (Lipinski definition) is 6. The van der Waals surface area contributed by atoms with Crippen molar-refractivity contribution in [1.29, 1.82) is 0 Å². The third kappa shape index (κ3) is 4.09. The number of ether oxygens (including phenoxy) is 2. The van der Waals surface area contributed by atoms with Gasteiger partial charge in [0.2, 0.25) is 0 Å². The zero-order valence-corrected chi connectivity index (χ0v) is 15.2. The van der Waals surface area contributed by atoms with Gasteiger partial charge in [-0.3, -0.25) is 4.98 Å². The predicted molar refractivity (Wildman–Crippen MR) is 98.3 cm³/mol. The van der Waals surface area contributed by atoms with Crippen molar-refractivity contribution in [3.63, 3.8) is 0 Å². The van der Waals surface area contributed by atoms with Crippen molar-refractivity contribution in [2.24, 2.45) is 0 Å². The van der Waals surface area contributed by atoms with Gasteiger partial charge in [0.1, 0.15) is 5.03 Å². The lowest BCUT2D eigenvalue weighted by Gasteiger charge is -2.10. The maximum absolute atomic E-state index is 5.37. The van der Waals surface area contributed by atoms with E-state index in [-0.39, 0.29) is 0 Å². The Morgan fingerprint density at radius 2 is 1.68 bits per heavy atom. The SMILES string of the molecule is CCc1cc(Sc2ccc(OC)c(OC)c2)nc(-c2ccncc2)n1. The summed E-state index contributed by atoms with van der Waals surface area (Å²) in [6, 6.07) is 11.7. The number of methoxy groups -OCH3 is 2. The van der Waals surface area contributed by atoms with Crippen molar-refractivity contribution >= 4 is 11.8 Å². The summed E-state index contributed by atoms with van der Waals surface area (Å²) in [5.41, 5.74) is 1.96. The van der Waals surface area contributed by atoms with E-state index < -0.39 is 0 Å². The first-order valence-electron chi connectivity index (χ1n) is 7.91. The van der Waals surface area contributed by atoms with Gasteiger partial charge in [-0.1, -0.05) is 18.7 Å². The second-order valence-electron chi connectivity index (χ2n) is 5.23. The van der Waals surface area contributed by atoms with Crippen molar-refractivity contribution in [1.82, 2.24) is 15.0 Å². The van der Waals surface area contributed by atoms with Gasteiger partial charge in [-0.15, -0.1) is 0 Å². The van der Waals surface area contributed by atoms with Crippen LogP contribution in [0.25, 0.3) is 11.4 Å². The summed E-state index contributed by atoms with van der Waals surface area (Å²) in [6.07, 6.45) is 4.34. The van der Waals surface area contributed by atoms with Crippen LogP contribution in [0.15, 0.2) is 58.7 Å². The number of hydrogen-bond donors (Lipinski definition) is 0. The Bertz CT molecular complexity index is 857. The first-order chi connectivity index (χ1) is 12.2. The van der Waals surface area contributed by atoms with Crippen LogP contribution in [0.1, 0.15) is 12.6 Å². The number of benzene rings is 1. The first kappa shape index (κ1) is 17.2. The Kier molecular flexibility index (Phi) is 5.50. The molecule has 0 saturated heterocycles. The molecule has 0 atom stereocenters. The van der Waals surface area contributed by atoms with E-state index in [2.05, 4.69) is 16.9 Å². The monoisotopic (exact) mass is 353 g/mol. The molecule has 1 aromatic carbocycles. The fourth-order valence-corrected chi connectivity index (χ4v) is 3.21. The van der Waals surface area contributed by atoms with Crippen LogP contribution in [0.4, 0.5) is 0 Å². The molecule has 3 aromatic rings. The second-order valence-corrected chi connectivity index (χ2v) is 6.32. The van der Waals surface area contributed by atoms with Crippen LogP contribution in [0.2, 0.25) is 0 Å². The number of nitrogens with zero attached hydrogens (tertiary/aromatic N) is 3. The highest BCUT2D eigenvalue weighted by Crippen LogP contribution is 2.35. The van der Waals surface area contributed by atoms with Gasteiger partial charge in [0.15, 0.2) is 17.3 Å². The van der Waals surface area contributed by atoms with E-state index in [0.717, 1.165) is 27.6 Å². The van der Waals surface area contributed by atoms with Gasteiger partial charge in [-0.05, 0) is 42.8 Å². The normalized spacial score (nSPS) is 10.5. The van der Waals surface area contributed by atoms with E-state index in [1.54, 1.807) is 38.4 Å². The molecule has 0 aliphatic carbocycles. The highest BCUT2D eigenvalue weighted by molar-refractivity contribution is 7.99. The molecule has 5 nitrogen and oxygen atoms in total. The third-order valence-corrected chi connectivity index (χ3v) is 4.54. The van der Waals surface area contributed by atoms with Crippen LogP contribution in [-0.4, -0.2) is 29.2 Å². The van der Waals surface area contributed by atoms with Gasteiger partial charge >= 0.3 is 0 Å². The number of aryl methyl sites for hydroxylation is 1. The van der Waals surface area contributed by atoms with E-state index in [0.29, 0.717) is 17.3 Å². The van der Waals surface area contributed by atoms with Crippen LogP contribution in [-0.2, 0) is 6.42 Å². The molecule has 0 N–H and O–H groups in total. The van der Waals surface area contributed by atoms with Crippen LogP contribution in [0.5, 0.6) is 11.5 Å². The summed E-state index contributed by atoms with van der Waals surface area (Å²) in [5.74, 6) is 2.12. The van der Waals surface area contributed by atoms with E-state index in [1.165, 1.54) is 0 Å². The summed E-state index contributed by atoms with van der Waals surface area (Å²) in [4.78, 5) is 14.4. The standard InChI is InChI=1S/C19H19N3O2S/c1-4-14-11-18(22-19(21-14)13-7-9-20-10-8-13)25-15-5-6-16(23-2)17(12-15)24-3/h5-12H,4H2,1-3H3. The van der Waals surface area contributed by atoms with Gasteiger partial charge in [0, 0.05) is 28.5 Å². The number of rotatable bonds is 6. The van der Waals surface area contributed by atoms with E-state index >= 15 is 0 Å². The highest BCUT2D eigenvalue weighted by atomic mass is 32.2. The van der Waals surface area contributed by atoms with Crippen molar-refractivity contribution in [2.45, 2.75) is 23.3 Å². The van der Waals surface area contributed by atoms with Crippen molar-refractivity contribution in [2.75, 3.05) is 14.2 Å². The average Bonchev–Trinajstić information content (AvgIpc) is 2.68. The van der Waals surface area contributed by atoms with Gasteiger partial charge in [0.25, 0.3) is 0 Å². The summed E-state index contributed by atoms with van der Waals surface area (Å²) in [5, 5.41) is 0.894. The molecule has 0 saturated carbocycles. The quantitative estimate of drug-likeness (QED) is 0.617. The van der Waals surface area contributed by atoms with Crippen LogP contribution in [0, 0.1) is 0 Å². The van der Waals surface area contributed by atoms with E-state index in [4.69, 9.17) is 14.5 Å². The van der Waals surface area contributed by atoms with Crippen molar-refractivity contribution in [3.8, 4) is 22.9 Å². The molecule has 0 spiro atoms. The maximum Gasteiger partial charge on any atom is 0.161 e. The lowest BCUT2D eigenvalue weighted by molar-refractivity contribution is 0.354. The molecule has 2 heterocycles. The molecule has 6 heteroatoms. The average molecular weight is 353 g/mol. The molecule has 25 heavy (non-hydrogen) atoms. The molecule has 0 amide bonds. The molecule has 2 aromatic heterocycles. The van der Waals surface area contributed by atoms with Crippen LogP contribution in [0.3, 0.4) is 0 Å². The molecule has 0 fully saturated rings. The van der Waals surface area contributed by atoms with E-state index in [1.807, 2.05) is 36.4 Å². The minimum Gasteiger partial charge on any atom is -0.493 e. The predicted octanol–water partition coefficient (Wildman–Crippen LogP) is 4.27. The fourth-order valence-electron chi connectivity index (χ4n) is 2.34. The van der Waals surface area contributed by atoms with Crippen LogP contribution >= 0.6 is 11.8 Å². The Hall–Kier alpha value is -2.60. The topological polar surface area (TPSA) is 57.1 Å². The second kappa shape index (κ2) is 7.98. The summed E-state index contributed by atoms with van der Waals surface area (Å²) in [7, 11) is 3.26. The Labute approximate surface area is 151 Å². The smallest absolute Gasteiger partial charge is 0.161 e. The largest absolute Gasteiger partial charge is 0.493 e. The third-order valence-electron chi connectivity index (χ3n) is 3.63. The van der Waals surface area contributed by atoms with Gasteiger partial charge in [-0.2, -0.15) is 0 Å². The van der Waals surface area contributed by atoms with Gasteiger partial charge in [-0.25, -0.2) is 9.97 Å². The van der Waals surface area contributed by atoms with Crippen LogP contribution < -0.4 is 9.47 Å². The molecule has 128 valence electrons.